The van der Waals surface area contributed by atoms with Crippen LogP contribution in [0.5, 0.6) is 0 Å². The monoisotopic (exact) mass is 373 g/mol. The number of anilines is 2. The molecule has 1 fully saturated rings. The summed E-state index contributed by atoms with van der Waals surface area (Å²) in [5, 5.41) is 0.754. The predicted octanol–water partition coefficient (Wildman–Crippen LogP) is 2.94. The molecule has 2 heterocycles. The number of benzene rings is 1. The van der Waals surface area contributed by atoms with Gasteiger partial charge in [-0.25, -0.2) is 9.97 Å². The first-order chi connectivity index (χ1) is 12.6. The first kappa shape index (κ1) is 18.5. The van der Waals surface area contributed by atoms with Crippen molar-refractivity contribution in [3.8, 4) is 0 Å². The van der Waals surface area contributed by atoms with Crippen molar-refractivity contribution in [1.82, 2.24) is 14.9 Å². The summed E-state index contributed by atoms with van der Waals surface area (Å²) in [5.74, 6) is 0.742. The number of hydrogen-bond donors (Lipinski definition) is 0. The summed E-state index contributed by atoms with van der Waals surface area (Å²) in [6, 6.07) is 7.93. The molecule has 0 spiro atoms. The van der Waals surface area contributed by atoms with Gasteiger partial charge in [0, 0.05) is 50.0 Å². The summed E-state index contributed by atoms with van der Waals surface area (Å²) in [6.45, 7) is 8.75. The van der Waals surface area contributed by atoms with Gasteiger partial charge in [0.2, 0.25) is 0 Å². The predicted molar refractivity (Wildman–Crippen MR) is 105 cm³/mol. The van der Waals surface area contributed by atoms with Crippen molar-refractivity contribution in [1.29, 1.82) is 0 Å². The maximum atomic E-state index is 12.3. The van der Waals surface area contributed by atoms with E-state index in [4.69, 9.17) is 11.6 Å². The van der Waals surface area contributed by atoms with Crippen LogP contribution in [0.25, 0.3) is 0 Å². The third-order valence-electron chi connectivity index (χ3n) is 4.68. The van der Waals surface area contributed by atoms with Crippen molar-refractivity contribution in [2.45, 2.75) is 13.8 Å². The summed E-state index contributed by atoms with van der Waals surface area (Å²) in [6.07, 6.45) is 3.28. The van der Waals surface area contributed by atoms with Crippen LogP contribution in [-0.2, 0) is 0 Å². The van der Waals surface area contributed by atoms with E-state index >= 15 is 0 Å². The SMILES string of the molecule is CCN(CC)C(=O)c1cnc(N2CCN(c3cccc(Cl)c3)CC2)cn1. The first-order valence-corrected chi connectivity index (χ1v) is 9.37. The van der Waals surface area contributed by atoms with E-state index in [0.717, 1.165) is 42.7 Å². The van der Waals surface area contributed by atoms with Crippen LogP contribution in [0.3, 0.4) is 0 Å². The molecular weight excluding hydrogens is 350 g/mol. The molecule has 138 valence electrons. The largest absolute Gasteiger partial charge is 0.368 e. The fraction of sp³-hybridized carbons (Fsp3) is 0.421. The molecule has 2 aromatic rings. The van der Waals surface area contributed by atoms with Crippen LogP contribution in [0, 0.1) is 0 Å². The van der Waals surface area contributed by atoms with Gasteiger partial charge in [-0.2, -0.15) is 0 Å². The lowest BCUT2D eigenvalue weighted by atomic mass is 10.2. The fourth-order valence-electron chi connectivity index (χ4n) is 3.13. The van der Waals surface area contributed by atoms with Crippen LogP contribution < -0.4 is 9.80 Å². The maximum Gasteiger partial charge on any atom is 0.274 e. The number of carbonyl (C=O) groups excluding carboxylic acids is 1. The summed E-state index contributed by atoms with van der Waals surface area (Å²) in [4.78, 5) is 27.4. The normalized spacial score (nSPS) is 14.4. The molecule has 26 heavy (non-hydrogen) atoms. The molecule has 0 aliphatic carbocycles. The number of hydrogen-bond acceptors (Lipinski definition) is 5. The Bertz CT molecular complexity index is 740. The quantitative estimate of drug-likeness (QED) is 0.806. The Morgan fingerprint density at radius 3 is 2.35 bits per heavy atom. The van der Waals surface area contributed by atoms with Gasteiger partial charge in [0.15, 0.2) is 0 Å². The van der Waals surface area contributed by atoms with Gasteiger partial charge in [0.1, 0.15) is 11.5 Å². The van der Waals surface area contributed by atoms with Gasteiger partial charge in [-0.15, -0.1) is 0 Å². The van der Waals surface area contributed by atoms with Crippen molar-refractivity contribution < 1.29 is 4.79 Å². The Hall–Kier alpha value is -2.34. The molecule has 0 atom stereocenters. The molecule has 1 aromatic carbocycles. The summed E-state index contributed by atoms with van der Waals surface area (Å²) in [5.41, 5.74) is 1.54. The first-order valence-electron chi connectivity index (χ1n) is 8.99. The molecule has 1 amide bonds. The van der Waals surface area contributed by atoms with Crippen molar-refractivity contribution in [3.63, 3.8) is 0 Å². The molecular formula is C19H24ClN5O. The molecule has 1 aromatic heterocycles. The third-order valence-corrected chi connectivity index (χ3v) is 4.92. The summed E-state index contributed by atoms with van der Waals surface area (Å²) < 4.78 is 0. The van der Waals surface area contributed by atoms with Crippen LogP contribution >= 0.6 is 11.6 Å². The lowest BCUT2D eigenvalue weighted by molar-refractivity contribution is 0.0766. The number of rotatable bonds is 5. The maximum absolute atomic E-state index is 12.3. The Balaban J connectivity index is 1.62. The molecule has 3 rings (SSSR count). The van der Waals surface area contributed by atoms with Gasteiger partial charge in [-0.1, -0.05) is 17.7 Å². The number of amides is 1. The van der Waals surface area contributed by atoms with Crippen LogP contribution in [0.4, 0.5) is 11.5 Å². The van der Waals surface area contributed by atoms with Gasteiger partial charge >= 0.3 is 0 Å². The standard InChI is InChI=1S/C19H24ClN5O/c1-3-23(4-2)19(26)17-13-22-18(14-21-17)25-10-8-24(9-11-25)16-7-5-6-15(20)12-16/h5-7,12-14H,3-4,8-11H2,1-2H3. The van der Waals surface area contributed by atoms with E-state index in [1.54, 1.807) is 17.3 Å². The average molecular weight is 374 g/mol. The third kappa shape index (κ3) is 4.07. The van der Waals surface area contributed by atoms with Crippen LogP contribution in [-0.4, -0.2) is 60.0 Å². The average Bonchev–Trinajstić information content (AvgIpc) is 2.69. The molecule has 0 saturated carbocycles. The van der Waals surface area contributed by atoms with E-state index in [1.807, 2.05) is 32.0 Å². The van der Waals surface area contributed by atoms with E-state index in [9.17, 15) is 4.79 Å². The second-order valence-corrected chi connectivity index (χ2v) is 6.63. The van der Waals surface area contributed by atoms with Gasteiger partial charge < -0.3 is 14.7 Å². The molecule has 1 aliphatic rings. The van der Waals surface area contributed by atoms with Crippen LogP contribution in [0.1, 0.15) is 24.3 Å². The molecule has 0 N–H and O–H groups in total. The van der Waals surface area contributed by atoms with Gasteiger partial charge in [0.25, 0.3) is 5.91 Å². The van der Waals surface area contributed by atoms with Gasteiger partial charge in [0.05, 0.1) is 12.4 Å². The number of nitrogens with zero attached hydrogens (tertiary/aromatic N) is 5. The van der Waals surface area contributed by atoms with Crippen LogP contribution in [0.15, 0.2) is 36.7 Å². The molecule has 0 radical (unpaired) electrons. The second kappa shape index (κ2) is 8.36. The van der Waals surface area contributed by atoms with Gasteiger partial charge in [-0.05, 0) is 32.0 Å². The number of halogens is 1. The number of carbonyl (C=O) groups is 1. The highest BCUT2D eigenvalue weighted by atomic mass is 35.5. The van der Waals surface area contributed by atoms with E-state index < -0.39 is 0 Å². The van der Waals surface area contributed by atoms with Gasteiger partial charge in [-0.3, -0.25) is 4.79 Å². The Labute approximate surface area is 159 Å². The Morgan fingerprint density at radius 2 is 1.77 bits per heavy atom. The highest BCUT2D eigenvalue weighted by molar-refractivity contribution is 6.30. The number of aromatic nitrogens is 2. The zero-order valence-electron chi connectivity index (χ0n) is 15.2. The van der Waals surface area contributed by atoms with Crippen molar-refractivity contribution in [2.75, 3.05) is 49.1 Å². The van der Waals surface area contributed by atoms with Crippen molar-refractivity contribution in [3.05, 3.63) is 47.4 Å². The van der Waals surface area contributed by atoms with E-state index in [-0.39, 0.29) is 5.91 Å². The Morgan fingerprint density at radius 1 is 1.08 bits per heavy atom. The van der Waals surface area contributed by atoms with E-state index in [1.165, 1.54) is 0 Å². The van der Waals surface area contributed by atoms with Crippen LogP contribution in [0.2, 0.25) is 5.02 Å². The van der Waals surface area contributed by atoms with Crippen molar-refractivity contribution in [2.24, 2.45) is 0 Å². The fourth-order valence-corrected chi connectivity index (χ4v) is 3.32. The highest BCUT2D eigenvalue weighted by Gasteiger charge is 2.20. The Kier molecular flexibility index (Phi) is 5.93. The lowest BCUT2D eigenvalue weighted by Crippen LogP contribution is -2.46. The molecule has 0 bridgehead atoms. The zero-order valence-corrected chi connectivity index (χ0v) is 16.0. The highest BCUT2D eigenvalue weighted by Crippen LogP contribution is 2.22. The lowest BCUT2D eigenvalue weighted by Gasteiger charge is -2.36. The van der Waals surface area contributed by atoms with E-state index in [0.29, 0.717) is 18.8 Å². The van der Waals surface area contributed by atoms with E-state index in [2.05, 4.69) is 25.8 Å². The topological polar surface area (TPSA) is 52.6 Å². The minimum Gasteiger partial charge on any atom is -0.368 e. The molecule has 0 unspecified atom stereocenters. The summed E-state index contributed by atoms with van der Waals surface area (Å²) in [7, 11) is 0. The molecule has 1 aliphatic heterocycles. The zero-order chi connectivity index (χ0) is 18.5. The molecule has 6 nitrogen and oxygen atoms in total. The molecule has 1 saturated heterocycles. The second-order valence-electron chi connectivity index (χ2n) is 6.19. The smallest absolute Gasteiger partial charge is 0.274 e. The number of piperazine rings is 1. The minimum atomic E-state index is -0.0696. The van der Waals surface area contributed by atoms with Crippen molar-refractivity contribution >= 4 is 29.0 Å². The molecule has 7 heteroatoms. The summed E-state index contributed by atoms with van der Waals surface area (Å²) >= 11 is 6.09. The minimum absolute atomic E-state index is 0.0696.